The van der Waals surface area contributed by atoms with Crippen molar-refractivity contribution < 1.29 is 4.79 Å². The van der Waals surface area contributed by atoms with Crippen molar-refractivity contribution in [2.24, 2.45) is 0 Å². The first-order valence-electron chi connectivity index (χ1n) is 7.28. The summed E-state index contributed by atoms with van der Waals surface area (Å²) in [6.07, 6.45) is 4.92. The van der Waals surface area contributed by atoms with Crippen LogP contribution >= 0.6 is 0 Å². The predicted molar refractivity (Wildman–Crippen MR) is 78.0 cm³/mol. The maximum atomic E-state index is 11.2. The summed E-state index contributed by atoms with van der Waals surface area (Å²) in [6, 6.07) is 11.0. The molecule has 19 heavy (non-hydrogen) atoms. The van der Waals surface area contributed by atoms with Crippen LogP contribution in [0.15, 0.2) is 30.3 Å². The van der Waals surface area contributed by atoms with Gasteiger partial charge >= 0.3 is 0 Å². The second kappa shape index (κ2) is 7.29. The summed E-state index contributed by atoms with van der Waals surface area (Å²) in [6.45, 7) is 4.67. The van der Waals surface area contributed by atoms with Crippen LogP contribution < -0.4 is 5.32 Å². The molecular weight excluding hydrogens is 236 g/mol. The summed E-state index contributed by atoms with van der Waals surface area (Å²) in [5.74, 6) is 0.0649. The summed E-state index contributed by atoms with van der Waals surface area (Å²) < 4.78 is 0. The summed E-state index contributed by atoms with van der Waals surface area (Å²) in [5, 5.41) is 2.98. The topological polar surface area (TPSA) is 32.3 Å². The fraction of sp³-hybridized carbons (Fsp3) is 0.562. The van der Waals surface area contributed by atoms with Crippen LogP contribution in [-0.4, -0.2) is 36.5 Å². The zero-order chi connectivity index (χ0) is 13.5. The molecule has 1 unspecified atom stereocenters. The Kier molecular flexibility index (Phi) is 5.40. The Labute approximate surface area is 116 Å². The standard InChI is InChI=1S/C16H24N2O/c1-14(19)17-13-16(18-10-6-3-7-11-18)12-15-8-4-2-5-9-15/h2,4-5,8-9,16H,3,6-7,10-13H2,1H3,(H,17,19). The molecule has 0 aromatic heterocycles. The average Bonchev–Trinajstić information content (AvgIpc) is 2.45. The fourth-order valence-electron chi connectivity index (χ4n) is 2.76. The van der Waals surface area contributed by atoms with E-state index in [0.29, 0.717) is 6.04 Å². The van der Waals surface area contributed by atoms with Gasteiger partial charge in [-0.15, -0.1) is 0 Å². The zero-order valence-corrected chi connectivity index (χ0v) is 11.8. The fourth-order valence-corrected chi connectivity index (χ4v) is 2.76. The van der Waals surface area contributed by atoms with Crippen molar-refractivity contribution in [2.75, 3.05) is 19.6 Å². The van der Waals surface area contributed by atoms with Crippen LogP contribution in [0.1, 0.15) is 31.7 Å². The van der Waals surface area contributed by atoms with Gasteiger partial charge in [0.2, 0.25) is 5.91 Å². The lowest BCUT2D eigenvalue weighted by molar-refractivity contribution is -0.119. The molecule has 2 rings (SSSR count). The number of benzene rings is 1. The van der Waals surface area contributed by atoms with Gasteiger partial charge in [0.05, 0.1) is 0 Å². The number of amides is 1. The largest absolute Gasteiger partial charge is 0.355 e. The summed E-state index contributed by atoms with van der Waals surface area (Å²) in [7, 11) is 0. The van der Waals surface area contributed by atoms with E-state index in [0.717, 1.165) is 26.1 Å². The molecule has 1 aliphatic heterocycles. The third-order valence-corrected chi connectivity index (χ3v) is 3.81. The van der Waals surface area contributed by atoms with E-state index < -0.39 is 0 Å². The minimum Gasteiger partial charge on any atom is -0.355 e. The molecule has 3 heteroatoms. The van der Waals surface area contributed by atoms with Gasteiger partial charge in [-0.05, 0) is 37.9 Å². The minimum absolute atomic E-state index is 0.0649. The highest BCUT2D eigenvalue weighted by atomic mass is 16.1. The molecule has 1 aromatic carbocycles. The molecule has 1 aromatic rings. The maximum absolute atomic E-state index is 11.2. The molecule has 0 bridgehead atoms. The number of rotatable bonds is 5. The SMILES string of the molecule is CC(=O)NCC(Cc1ccccc1)N1CCCCC1. The monoisotopic (exact) mass is 260 g/mol. The quantitative estimate of drug-likeness (QED) is 0.880. The third kappa shape index (κ3) is 4.67. The second-order valence-electron chi connectivity index (χ2n) is 5.38. The summed E-state index contributed by atoms with van der Waals surface area (Å²) in [5.41, 5.74) is 1.35. The van der Waals surface area contributed by atoms with E-state index in [2.05, 4.69) is 34.5 Å². The lowest BCUT2D eigenvalue weighted by Gasteiger charge is -2.34. The number of nitrogens with one attached hydrogen (secondary N) is 1. The molecular formula is C16H24N2O. The molecule has 0 saturated carbocycles. The van der Waals surface area contributed by atoms with Gasteiger partial charge < -0.3 is 5.32 Å². The molecule has 1 amide bonds. The van der Waals surface area contributed by atoms with E-state index in [1.54, 1.807) is 6.92 Å². The molecule has 1 heterocycles. The molecule has 1 atom stereocenters. The van der Waals surface area contributed by atoms with Crippen LogP contribution in [0, 0.1) is 0 Å². The highest BCUT2D eigenvalue weighted by Crippen LogP contribution is 2.15. The van der Waals surface area contributed by atoms with Crippen LogP contribution in [0.3, 0.4) is 0 Å². The maximum Gasteiger partial charge on any atom is 0.216 e. The number of hydrogen-bond acceptors (Lipinski definition) is 2. The Morgan fingerprint density at radius 1 is 1.21 bits per heavy atom. The predicted octanol–water partition coefficient (Wildman–Crippen LogP) is 2.22. The number of hydrogen-bond donors (Lipinski definition) is 1. The molecule has 1 N–H and O–H groups in total. The van der Waals surface area contributed by atoms with Gasteiger partial charge in [0.25, 0.3) is 0 Å². The van der Waals surface area contributed by atoms with Gasteiger partial charge in [-0.2, -0.15) is 0 Å². The van der Waals surface area contributed by atoms with E-state index in [1.165, 1.54) is 24.8 Å². The van der Waals surface area contributed by atoms with Crippen molar-refractivity contribution in [3.05, 3.63) is 35.9 Å². The number of carbonyl (C=O) groups excluding carboxylic acids is 1. The van der Waals surface area contributed by atoms with E-state index in [9.17, 15) is 4.79 Å². The average molecular weight is 260 g/mol. The summed E-state index contributed by atoms with van der Waals surface area (Å²) in [4.78, 5) is 13.7. The molecule has 1 aliphatic rings. The highest BCUT2D eigenvalue weighted by Gasteiger charge is 2.20. The first-order valence-corrected chi connectivity index (χ1v) is 7.28. The van der Waals surface area contributed by atoms with Crippen LogP contribution in [0.5, 0.6) is 0 Å². The van der Waals surface area contributed by atoms with Gasteiger partial charge in [-0.25, -0.2) is 0 Å². The first-order chi connectivity index (χ1) is 9.25. The van der Waals surface area contributed by atoms with E-state index >= 15 is 0 Å². The Hall–Kier alpha value is -1.35. The molecule has 104 valence electrons. The first kappa shape index (κ1) is 14.1. The van der Waals surface area contributed by atoms with Crippen LogP contribution in [0.4, 0.5) is 0 Å². The van der Waals surface area contributed by atoms with E-state index in [1.807, 2.05) is 6.07 Å². The molecule has 0 spiro atoms. The molecule has 3 nitrogen and oxygen atoms in total. The molecule has 0 aliphatic carbocycles. The third-order valence-electron chi connectivity index (χ3n) is 3.81. The Morgan fingerprint density at radius 3 is 2.53 bits per heavy atom. The molecule has 1 saturated heterocycles. The van der Waals surface area contributed by atoms with Gasteiger partial charge in [0.15, 0.2) is 0 Å². The van der Waals surface area contributed by atoms with Gasteiger partial charge in [-0.1, -0.05) is 36.8 Å². The van der Waals surface area contributed by atoms with Crippen LogP contribution in [-0.2, 0) is 11.2 Å². The zero-order valence-electron chi connectivity index (χ0n) is 11.8. The van der Waals surface area contributed by atoms with Crippen molar-refractivity contribution >= 4 is 5.91 Å². The Balaban J connectivity index is 1.98. The van der Waals surface area contributed by atoms with Crippen LogP contribution in [0.25, 0.3) is 0 Å². The lowest BCUT2D eigenvalue weighted by atomic mass is 10.0. The number of piperidine rings is 1. The lowest BCUT2D eigenvalue weighted by Crippen LogP contribution is -2.47. The number of likely N-dealkylation sites (tertiary alicyclic amines) is 1. The molecule has 1 fully saturated rings. The van der Waals surface area contributed by atoms with Gasteiger partial charge in [0.1, 0.15) is 0 Å². The van der Waals surface area contributed by atoms with Crippen molar-refractivity contribution in [3.8, 4) is 0 Å². The van der Waals surface area contributed by atoms with E-state index in [-0.39, 0.29) is 5.91 Å². The number of carbonyl (C=O) groups is 1. The minimum atomic E-state index is 0.0649. The number of nitrogens with zero attached hydrogens (tertiary/aromatic N) is 1. The van der Waals surface area contributed by atoms with E-state index in [4.69, 9.17) is 0 Å². The highest BCUT2D eigenvalue weighted by molar-refractivity contribution is 5.72. The second-order valence-corrected chi connectivity index (χ2v) is 5.38. The van der Waals surface area contributed by atoms with Crippen molar-refractivity contribution in [1.29, 1.82) is 0 Å². The van der Waals surface area contributed by atoms with Crippen molar-refractivity contribution in [3.63, 3.8) is 0 Å². The van der Waals surface area contributed by atoms with Gasteiger partial charge in [-0.3, -0.25) is 9.69 Å². The molecule has 0 radical (unpaired) electrons. The van der Waals surface area contributed by atoms with Crippen molar-refractivity contribution in [2.45, 2.75) is 38.6 Å². The Morgan fingerprint density at radius 2 is 1.89 bits per heavy atom. The normalized spacial score (nSPS) is 17.9. The Bertz CT molecular complexity index is 385. The smallest absolute Gasteiger partial charge is 0.216 e. The van der Waals surface area contributed by atoms with Crippen LogP contribution in [0.2, 0.25) is 0 Å². The van der Waals surface area contributed by atoms with Gasteiger partial charge in [0, 0.05) is 19.5 Å². The summed E-state index contributed by atoms with van der Waals surface area (Å²) >= 11 is 0. The van der Waals surface area contributed by atoms with Crippen molar-refractivity contribution in [1.82, 2.24) is 10.2 Å².